The third kappa shape index (κ3) is 5.10. The van der Waals surface area contributed by atoms with Gasteiger partial charge in [-0.15, -0.1) is 0 Å². The van der Waals surface area contributed by atoms with Crippen molar-refractivity contribution in [2.24, 2.45) is 4.99 Å². The summed E-state index contributed by atoms with van der Waals surface area (Å²) in [7, 11) is 1.64. The first kappa shape index (κ1) is 18.5. The molecule has 0 radical (unpaired) electrons. The first-order chi connectivity index (χ1) is 12.6. The molecule has 3 aromatic rings. The Bertz CT molecular complexity index is 893. The molecule has 3 nitrogen and oxygen atoms in total. The van der Waals surface area contributed by atoms with Gasteiger partial charge in [-0.25, -0.2) is 0 Å². The summed E-state index contributed by atoms with van der Waals surface area (Å²) < 4.78 is 12.1. The molecule has 0 heterocycles. The third-order valence-corrected chi connectivity index (χ3v) is 4.45. The highest BCUT2D eigenvalue weighted by Crippen LogP contribution is 2.24. The van der Waals surface area contributed by atoms with E-state index in [0.717, 1.165) is 32.8 Å². The average Bonchev–Trinajstić information content (AvgIpc) is 2.67. The summed E-state index contributed by atoms with van der Waals surface area (Å²) in [4.78, 5) is 4.52. The lowest BCUT2D eigenvalue weighted by Crippen LogP contribution is -1.98. The summed E-state index contributed by atoms with van der Waals surface area (Å²) in [5, 5.41) is 0.713. The Morgan fingerprint density at radius 2 is 1.73 bits per heavy atom. The van der Waals surface area contributed by atoms with Crippen LogP contribution in [0.25, 0.3) is 0 Å². The molecule has 0 amide bonds. The van der Waals surface area contributed by atoms with Crippen molar-refractivity contribution in [1.82, 2.24) is 0 Å². The van der Waals surface area contributed by atoms with E-state index in [-0.39, 0.29) is 0 Å². The number of methoxy groups -OCH3 is 1. The molecule has 0 aliphatic rings. The Morgan fingerprint density at radius 3 is 2.42 bits per heavy atom. The number of aliphatic imine (C=N–C) groups is 1. The molecule has 3 rings (SSSR count). The number of rotatable bonds is 6. The molecule has 0 aromatic heterocycles. The summed E-state index contributed by atoms with van der Waals surface area (Å²) in [5.41, 5.74) is 2.79. The highest BCUT2D eigenvalue weighted by molar-refractivity contribution is 9.10. The monoisotopic (exact) mass is 429 g/mol. The normalized spacial score (nSPS) is 10.9. The second kappa shape index (κ2) is 8.88. The van der Waals surface area contributed by atoms with Gasteiger partial charge in [0.25, 0.3) is 0 Å². The van der Waals surface area contributed by atoms with Crippen LogP contribution < -0.4 is 9.47 Å². The Kier molecular flexibility index (Phi) is 6.31. The smallest absolute Gasteiger partial charge is 0.128 e. The van der Waals surface area contributed by atoms with Crippen LogP contribution in [0.5, 0.6) is 11.5 Å². The van der Waals surface area contributed by atoms with Gasteiger partial charge in [-0.3, -0.25) is 4.99 Å². The Hall–Kier alpha value is -2.30. The van der Waals surface area contributed by atoms with Crippen molar-refractivity contribution in [3.8, 4) is 11.5 Å². The van der Waals surface area contributed by atoms with Gasteiger partial charge in [0.1, 0.15) is 18.1 Å². The maximum Gasteiger partial charge on any atom is 0.128 e. The van der Waals surface area contributed by atoms with Gasteiger partial charge in [0, 0.05) is 21.3 Å². The minimum absolute atomic E-state index is 0.460. The molecule has 0 atom stereocenters. The maximum absolute atomic E-state index is 5.97. The van der Waals surface area contributed by atoms with Crippen molar-refractivity contribution in [1.29, 1.82) is 0 Å². The van der Waals surface area contributed by atoms with Gasteiger partial charge >= 0.3 is 0 Å². The number of nitrogens with zero attached hydrogens (tertiary/aromatic N) is 1. The van der Waals surface area contributed by atoms with E-state index in [4.69, 9.17) is 21.1 Å². The zero-order valence-electron chi connectivity index (χ0n) is 14.2. The minimum Gasteiger partial charge on any atom is -0.497 e. The second-order valence-corrected chi connectivity index (χ2v) is 6.91. The molecule has 0 aliphatic heterocycles. The summed E-state index contributed by atoms with van der Waals surface area (Å²) in [6.07, 6.45) is 1.80. The van der Waals surface area contributed by atoms with Crippen molar-refractivity contribution in [2.45, 2.75) is 6.61 Å². The van der Waals surface area contributed by atoms with Crippen LogP contribution in [0.15, 0.2) is 76.2 Å². The quantitative estimate of drug-likeness (QED) is 0.421. The van der Waals surface area contributed by atoms with Crippen LogP contribution in [-0.2, 0) is 6.61 Å². The predicted octanol–water partition coefficient (Wildman–Crippen LogP) is 6.44. The van der Waals surface area contributed by atoms with Gasteiger partial charge in [0.15, 0.2) is 0 Å². The van der Waals surface area contributed by atoms with Crippen molar-refractivity contribution in [2.75, 3.05) is 7.11 Å². The second-order valence-electron chi connectivity index (χ2n) is 5.55. The maximum atomic E-state index is 5.97. The lowest BCUT2D eigenvalue weighted by atomic mass is 10.2. The highest BCUT2D eigenvalue weighted by atomic mass is 79.9. The van der Waals surface area contributed by atoms with Crippen LogP contribution in [0.1, 0.15) is 11.1 Å². The highest BCUT2D eigenvalue weighted by Gasteiger charge is 2.04. The minimum atomic E-state index is 0.460. The fourth-order valence-corrected chi connectivity index (χ4v) is 2.81. The Balaban J connectivity index is 1.76. The molecule has 0 N–H and O–H groups in total. The number of hydrogen-bond donors (Lipinski definition) is 0. The molecule has 3 aromatic carbocycles. The molecule has 0 aliphatic carbocycles. The topological polar surface area (TPSA) is 30.8 Å². The first-order valence-electron chi connectivity index (χ1n) is 7.99. The molecule has 0 unspecified atom stereocenters. The summed E-state index contributed by atoms with van der Waals surface area (Å²) >= 11 is 9.42. The number of hydrogen-bond acceptors (Lipinski definition) is 3. The fourth-order valence-electron chi connectivity index (χ4n) is 2.31. The molecule has 0 fully saturated rings. The van der Waals surface area contributed by atoms with E-state index < -0.39 is 0 Å². The van der Waals surface area contributed by atoms with Crippen molar-refractivity contribution in [3.05, 3.63) is 87.4 Å². The average molecular weight is 431 g/mol. The zero-order chi connectivity index (χ0) is 18.4. The van der Waals surface area contributed by atoms with Gasteiger partial charge < -0.3 is 9.47 Å². The number of halogens is 2. The summed E-state index contributed by atoms with van der Waals surface area (Å²) in [6.45, 7) is 0.460. The summed E-state index contributed by atoms with van der Waals surface area (Å²) in [6, 6.07) is 21.0. The number of ether oxygens (including phenoxy) is 2. The van der Waals surface area contributed by atoms with E-state index in [1.54, 1.807) is 13.3 Å². The van der Waals surface area contributed by atoms with Gasteiger partial charge in [-0.1, -0.05) is 39.7 Å². The molecule has 5 heteroatoms. The molecule has 0 saturated heterocycles. The van der Waals surface area contributed by atoms with Gasteiger partial charge in [-0.2, -0.15) is 0 Å². The van der Waals surface area contributed by atoms with E-state index in [9.17, 15) is 0 Å². The predicted molar refractivity (Wildman–Crippen MR) is 110 cm³/mol. The molecule has 132 valence electrons. The van der Waals surface area contributed by atoms with Crippen LogP contribution in [-0.4, -0.2) is 13.3 Å². The van der Waals surface area contributed by atoms with E-state index in [1.807, 2.05) is 66.7 Å². The third-order valence-electron chi connectivity index (χ3n) is 3.70. The van der Waals surface area contributed by atoms with Crippen molar-refractivity contribution in [3.63, 3.8) is 0 Å². The van der Waals surface area contributed by atoms with E-state index in [1.165, 1.54) is 0 Å². The number of benzene rings is 3. The Morgan fingerprint density at radius 1 is 1.00 bits per heavy atom. The van der Waals surface area contributed by atoms with Crippen molar-refractivity contribution >= 4 is 39.4 Å². The van der Waals surface area contributed by atoms with Gasteiger partial charge in [0.2, 0.25) is 0 Å². The summed E-state index contributed by atoms with van der Waals surface area (Å²) in [5.74, 6) is 1.57. The molecule has 0 spiro atoms. The largest absolute Gasteiger partial charge is 0.497 e. The standard InChI is InChI=1S/C21H17BrClNO2/c1-25-20-9-7-19(8-10-20)24-13-16-12-17(22)4-11-21(16)26-14-15-2-5-18(23)6-3-15/h2-13H,14H2,1H3. The lowest BCUT2D eigenvalue weighted by Gasteiger charge is -2.10. The molecule has 0 saturated carbocycles. The molecular weight excluding hydrogens is 414 g/mol. The molecule has 26 heavy (non-hydrogen) atoms. The van der Waals surface area contributed by atoms with Gasteiger partial charge in [-0.05, 0) is 60.2 Å². The molecule has 0 bridgehead atoms. The molecular formula is C21H17BrClNO2. The first-order valence-corrected chi connectivity index (χ1v) is 9.16. The van der Waals surface area contributed by atoms with E-state index >= 15 is 0 Å². The lowest BCUT2D eigenvalue weighted by molar-refractivity contribution is 0.306. The van der Waals surface area contributed by atoms with E-state index in [0.29, 0.717) is 11.6 Å². The van der Waals surface area contributed by atoms with Crippen LogP contribution in [0.4, 0.5) is 5.69 Å². The van der Waals surface area contributed by atoms with Crippen LogP contribution in [0.2, 0.25) is 5.02 Å². The zero-order valence-corrected chi connectivity index (χ0v) is 16.5. The van der Waals surface area contributed by atoms with Crippen LogP contribution in [0.3, 0.4) is 0 Å². The SMILES string of the molecule is COc1ccc(N=Cc2cc(Br)ccc2OCc2ccc(Cl)cc2)cc1. The Labute approximate surface area is 166 Å². The van der Waals surface area contributed by atoms with Crippen LogP contribution >= 0.6 is 27.5 Å². The van der Waals surface area contributed by atoms with Gasteiger partial charge in [0.05, 0.1) is 12.8 Å². The fraction of sp³-hybridized carbons (Fsp3) is 0.0952. The van der Waals surface area contributed by atoms with E-state index in [2.05, 4.69) is 20.9 Å². The van der Waals surface area contributed by atoms with Crippen LogP contribution in [0, 0.1) is 0 Å². The van der Waals surface area contributed by atoms with Crippen molar-refractivity contribution < 1.29 is 9.47 Å².